The third kappa shape index (κ3) is 4.02. The average Bonchev–Trinajstić information content (AvgIpc) is 2.76. The molecule has 3 nitrogen and oxygen atoms in total. The Kier molecular flexibility index (Phi) is 6.01. The van der Waals surface area contributed by atoms with Crippen LogP contribution >= 0.6 is 12.4 Å². The standard InChI is InChI=1S/C13H19N3.ClH/c1-2-3-4-7-14-9-11-5-6-12-10-15-16-13(12)8-11;/h5-6,8,10,14H,2-4,7,9H2,1H3,(H,15,16);1H. The molecule has 4 heteroatoms. The quantitative estimate of drug-likeness (QED) is 0.776. The number of unbranched alkanes of at least 4 members (excludes halogenated alkanes) is 2. The van der Waals surface area contributed by atoms with Crippen LogP contribution in [0.15, 0.2) is 24.4 Å². The molecule has 0 bridgehead atoms. The van der Waals surface area contributed by atoms with Crippen molar-refractivity contribution in [3.8, 4) is 0 Å². The number of H-pyrrole nitrogens is 1. The third-order valence-corrected chi connectivity index (χ3v) is 2.79. The van der Waals surface area contributed by atoms with Crippen molar-refractivity contribution < 1.29 is 0 Å². The van der Waals surface area contributed by atoms with Gasteiger partial charge in [-0.15, -0.1) is 12.4 Å². The second kappa shape index (κ2) is 7.30. The number of nitrogens with one attached hydrogen (secondary N) is 2. The van der Waals surface area contributed by atoms with Gasteiger partial charge in [0.2, 0.25) is 0 Å². The number of fused-ring (bicyclic) bond motifs is 1. The van der Waals surface area contributed by atoms with Gasteiger partial charge in [0.1, 0.15) is 0 Å². The molecule has 2 rings (SSSR count). The molecule has 1 heterocycles. The lowest BCUT2D eigenvalue weighted by Gasteiger charge is -2.04. The monoisotopic (exact) mass is 253 g/mol. The van der Waals surface area contributed by atoms with E-state index in [0.29, 0.717) is 0 Å². The van der Waals surface area contributed by atoms with E-state index in [4.69, 9.17) is 0 Å². The zero-order chi connectivity index (χ0) is 11.2. The Hall–Kier alpha value is -1.06. The number of rotatable bonds is 6. The van der Waals surface area contributed by atoms with E-state index in [1.54, 1.807) is 0 Å². The summed E-state index contributed by atoms with van der Waals surface area (Å²) in [5, 5.41) is 11.6. The van der Waals surface area contributed by atoms with Crippen molar-refractivity contribution in [1.29, 1.82) is 0 Å². The lowest BCUT2D eigenvalue weighted by Crippen LogP contribution is -2.14. The molecule has 0 unspecified atom stereocenters. The summed E-state index contributed by atoms with van der Waals surface area (Å²) in [6.45, 7) is 4.28. The highest BCUT2D eigenvalue weighted by Crippen LogP contribution is 2.12. The molecule has 17 heavy (non-hydrogen) atoms. The van der Waals surface area contributed by atoms with Crippen LogP contribution in [-0.4, -0.2) is 16.7 Å². The van der Waals surface area contributed by atoms with Crippen molar-refractivity contribution in [1.82, 2.24) is 15.5 Å². The first-order valence-electron chi connectivity index (χ1n) is 6.03. The summed E-state index contributed by atoms with van der Waals surface area (Å²) in [4.78, 5) is 0. The van der Waals surface area contributed by atoms with Gasteiger partial charge in [-0.05, 0) is 24.6 Å². The molecule has 0 radical (unpaired) electrons. The van der Waals surface area contributed by atoms with Crippen LogP contribution in [0.5, 0.6) is 0 Å². The highest BCUT2D eigenvalue weighted by Gasteiger charge is 1.97. The van der Waals surface area contributed by atoms with Crippen LogP contribution in [0.4, 0.5) is 0 Å². The number of benzene rings is 1. The molecule has 1 aromatic carbocycles. The molecular weight excluding hydrogens is 234 g/mol. The Morgan fingerprint density at radius 3 is 3.00 bits per heavy atom. The molecule has 0 aliphatic rings. The minimum absolute atomic E-state index is 0. The van der Waals surface area contributed by atoms with Crippen LogP contribution in [0.1, 0.15) is 31.7 Å². The molecule has 0 saturated carbocycles. The minimum atomic E-state index is 0. The molecule has 0 atom stereocenters. The van der Waals surface area contributed by atoms with Crippen LogP contribution < -0.4 is 5.32 Å². The maximum absolute atomic E-state index is 4.02. The normalized spacial score (nSPS) is 10.4. The van der Waals surface area contributed by atoms with E-state index in [1.165, 1.54) is 30.2 Å². The number of aromatic nitrogens is 2. The van der Waals surface area contributed by atoms with Gasteiger partial charge in [-0.3, -0.25) is 5.10 Å². The summed E-state index contributed by atoms with van der Waals surface area (Å²) in [7, 11) is 0. The lowest BCUT2D eigenvalue weighted by molar-refractivity contribution is 0.617. The van der Waals surface area contributed by atoms with E-state index in [0.717, 1.165) is 18.6 Å². The van der Waals surface area contributed by atoms with Crippen LogP contribution in [0.25, 0.3) is 10.9 Å². The molecule has 0 aliphatic carbocycles. The fraction of sp³-hybridized carbons (Fsp3) is 0.462. The Labute approximate surface area is 108 Å². The topological polar surface area (TPSA) is 40.7 Å². The highest BCUT2D eigenvalue weighted by atomic mass is 35.5. The van der Waals surface area contributed by atoms with Crippen molar-refractivity contribution >= 4 is 23.3 Å². The van der Waals surface area contributed by atoms with Crippen LogP contribution in [0.2, 0.25) is 0 Å². The van der Waals surface area contributed by atoms with E-state index >= 15 is 0 Å². The second-order valence-corrected chi connectivity index (χ2v) is 4.18. The summed E-state index contributed by atoms with van der Waals surface area (Å²) >= 11 is 0. The molecule has 0 fully saturated rings. The second-order valence-electron chi connectivity index (χ2n) is 4.18. The predicted molar refractivity (Wildman–Crippen MR) is 74.6 cm³/mol. The average molecular weight is 254 g/mol. The largest absolute Gasteiger partial charge is 0.313 e. The number of hydrogen-bond acceptors (Lipinski definition) is 2. The number of halogens is 1. The zero-order valence-corrected chi connectivity index (χ0v) is 11.0. The maximum atomic E-state index is 4.02. The third-order valence-electron chi connectivity index (χ3n) is 2.79. The van der Waals surface area contributed by atoms with Gasteiger partial charge in [0.15, 0.2) is 0 Å². The molecule has 94 valence electrons. The van der Waals surface area contributed by atoms with Crippen molar-refractivity contribution in [2.45, 2.75) is 32.7 Å². The van der Waals surface area contributed by atoms with E-state index in [-0.39, 0.29) is 12.4 Å². The molecule has 2 N–H and O–H groups in total. The Balaban J connectivity index is 0.00000144. The Morgan fingerprint density at radius 1 is 1.29 bits per heavy atom. The number of hydrogen-bond donors (Lipinski definition) is 2. The van der Waals surface area contributed by atoms with Gasteiger partial charge in [-0.1, -0.05) is 31.9 Å². The lowest BCUT2D eigenvalue weighted by atomic mass is 10.1. The van der Waals surface area contributed by atoms with Gasteiger partial charge in [0.05, 0.1) is 11.7 Å². The molecular formula is C13H20ClN3. The first-order chi connectivity index (χ1) is 7.90. The van der Waals surface area contributed by atoms with Crippen LogP contribution in [-0.2, 0) is 6.54 Å². The summed E-state index contributed by atoms with van der Waals surface area (Å²) in [6, 6.07) is 6.43. The Morgan fingerprint density at radius 2 is 2.18 bits per heavy atom. The molecule has 0 spiro atoms. The van der Waals surface area contributed by atoms with Gasteiger partial charge in [0.25, 0.3) is 0 Å². The van der Waals surface area contributed by atoms with Crippen molar-refractivity contribution in [2.75, 3.05) is 6.54 Å². The SMILES string of the molecule is CCCCCNCc1ccc2cn[nH]c2c1.Cl. The van der Waals surface area contributed by atoms with Gasteiger partial charge < -0.3 is 5.32 Å². The highest BCUT2D eigenvalue weighted by molar-refractivity contribution is 5.85. The fourth-order valence-electron chi connectivity index (χ4n) is 1.83. The van der Waals surface area contributed by atoms with Crippen LogP contribution in [0, 0.1) is 0 Å². The van der Waals surface area contributed by atoms with Crippen molar-refractivity contribution in [2.24, 2.45) is 0 Å². The molecule has 0 saturated heterocycles. The summed E-state index contributed by atoms with van der Waals surface area (Å²) < 4.78 is 0. The van der Waals surface area contributed by atoms with E-state index in [1.807, 2.05) is 6.20 Å². The summed E-state index contributed by atoms with van der Waals surface area (Å²) in [6.07, 6.45) is 5.71. The van der Waals surface area contributed by atoms with Gasteiger partial charge >= 0.3 is 0 Å². The molecule has 1 aromatic heterocycles. The zero-order valence-electron chi connectivity index (χ0n) is 10.2. The maximum Gasteiger partial charge on any atom is 0.0653 e. The summed E-state index contributed by atoms with van der Waals surface area (Å²) in [5.41, 5.74) is 2.43. The fourth-order valence-corrected chi connectivity index (χ4v) is 1.83. The molecule has 2 aromatic rings. The van der Waals surface area contributed by atoms with E-state index in [9.17, 15) is 0 Å². The molecule has 0 aliphatic heterocycles. The van der Waals surface area contributed by atoms with Crippen molar-refractivity contribution in [3.05, 3.63) is 30.0 Å². The Bertz CT molecular complexity index is 439. The van der Waals surface area contributed by atoms with Gasteiger partial charge in [-0.25, -0.2) is 0 Å². The number of nitrogens with zero attached hydrogens (tertiary/aromatic N) is 1. The molecule has 0 amide bonds. The number of aromatic amines is 1. The summed E-state index contributed by atoms with van der Waals surface area (Å²) in [5.74, 6) is 0. The minimum Gasteiger partial charge on any atom is -0.313 e. The van der Waals surface area contributed by atoms with Crippen LogP contribution in [0.3, 0.4) is 0 Å². The first kappa shape index (κ1) is 14.0. The van der Waals surface area contributed by atoms with E-state index < -0.39 is 0 Å². The van der Waals surface area contributed by atoms with Gasteiger partial charge in [-0.2, -0.15) is 5.10 Å². The predicted octanol–water partition coefficient (Wildman–Crippen LogP) is 3.26. The van der Waals surface area contributed by atoms with E-state index in [2.05, 4.69) is 40.6 Å². The van der Waals surface area contributed by atoms with Gasteiger partial charge in [0, 0.05) is 11.9 Å². The smallest absolute Gasteiger partial charge is 0.0653 e. The first-order valence-corrected chi connectivity index (χ1v) is 6.03. The van der Waals surface area contributed by atoms with Crippen molar-refractivity contribution in [3.63, 3.8) is 0 Å².